The maximum absolute atomic E-state index is 12.9. The van der Waals surface area contributed by atoms with Crippen LogP contribution in [0.15, 0.2) is 60.8 Å². The molecule has 3 aromatic rings. The summed E-state index contributed by atoms with van der Waals surface area (Å²) in [4.78, 5) is 41.3. The van der Waals surface area contributed by atoms with Crippen LogP contribution in [0.1, 0.15) is 31.1 Å². The quantitative estimate of drug-likeness (QED) is 0.505. The Morgan fingerprint density at radius 3 is 2.38 bits per heavy atom. The predicted octanol–water partition coefficient (Wildman–Crippen LogP) is 3.92. The summed E-state index contributed by atoms with van der Waals surface area (Å²) in [6, 6.07) is 15.4. The van der Waals surface area contributed by atoms with E-state index >= 15 is 0 Å². The summed E-state index contributed by atoms with van der Waals surface area (Å²) >= 11 is 0. The van der Waals surface area contributed by atoms with Gasteiger partial charge in [-0.1, -0.05) is 19.9 Å². The first-order valence-corrected chi connectivity index (χ1v) is 12.3. The molecule has 10 heteroatoms. The topological polar surface area (TPSA) is 109 Å². The van der Waals surface area contributed by atoms with Crippen LogP contribution < -0.4 is 20.3 Å². The third-order valence-electron chi connectivity index (χ3n) is 5.96. The standard InChI is InChI=1S/C27H32N6O4/c1-19(2)18-37-24-6-4-5-21(17-24)26(35)30-25-11-12-28-33(25)27(36)29-22-7-9-23(10-8-22)32-15-13-31(14-16-32)20(3)34/h4-12,17,19H,13-16,18H2,1-3H3,(H,29,36)(H,30,35). The van der Waals surface area contributed by atoms with Crippen molar-refractivity contribution in [2.45, 2.75) is 20.8 Å². The zero-order valence-corrected chi connectivity index (χ0v) is 21.3. The predicted molar refractivity (Wildman–Crippen MR) is 142 cm³/mol. The summed E-state index contributed by atoms with van der Waals surface area (Å²) in [7, 11) is 0. The number of nitrogens with one attached hydrogen (secondary N) is 2. The first-order valence-electron chi connectivity index (χ1n) is 12.3. The zero-order chi connectivity index (χ0) is 26.4. The second kappa shape index (κ2) is 11.6. The van der Waals surface area contributed by atoms with Crippen molar-refractivity contribution in [3.63, 3.8) is 0 Å². The molecule has 10 nitrogen and oxygen atoms in total. The maximum Gasteiger partial charge on any atom is 0.348 e. The van der Waals surface area contributed by atoms with Gasteiger partial charge in [0.15, 0.2) is 0 Å². The number of carbonyl (C=O) groups is 3. The summed E-state index contributed by atoms with van der Waals surface area (Å²) in [5.74, 6) is 0.938. The minimum absolute atomic E-state index is 0.0936. The van der Waals surface area contributed by atoms with Crippen molar-refractivity contribution >= 4 is 35.0 Å². The number of carbonyl (C=O) groups excluding carboxylic acids is 3. The van der Waals surface area contributed by atoms with Gasteiger partial charge in [-0.2, -0.15) is 9.78 Å². The van der Waals surface area contributed by atoms with Gasteiger partial charge in [0.05, 0.1) is 12.8 Å². The van der Waals surface area contributed by atoms with Crippen LogP contribution in [0.25, 0.3) is 0 Å². The fraction of sp³-hybridized carbons (Fsp3) is 0.333. The molecular weight excluding hydrogens is 472 g/mol. The maximum atomic E-state index is 12.9. The van der Waals surface area contributed by atoms with Crippen LogP contribution in [0.4, 0.5) is 22.0 Å². The van der Waals surface area contributed by atoms with Gasteiger partial charge in [0.25, 0.3) is 5.91 Å². The average Bonchev–Trinajstić information content (AvgIpc) is 3.36. The van der Waals surface area contributed by atoms with E-state index in [2.05, 4.69) is 34.5 Å². The highest BCUT2D eigenvalue weighted by molar-refractivity contribution is 6.05. The Kier molecular flexibility index (Phi) is 8.07. The van der Waals surface area contributed by atoms with Gasteiger partial charge in [0.1, 0.15) is 11.6 Å². The van der Waals surface area contributed by atoms with E-state index in [9.17, 15) is 14.4 Å². The molecule has 1 fully saturated rings. The molecule has 0 atom stereocenters. The highest BCUT2D eigenvalue weighted by Gasteiger charge is 2.19. The van der Waals surface area contributed by atoms with Crippen molar-refractivity contribution in [1.29, 1.82) is 0 Å². The summed E-state index contributed by atoms with van der Waals surface area (Å²) in [5, 5.41) is 9.61. The van der Waals surface area contributed by atoms with Crippen LogP contribution in [0.2, 0.25) is 0 Å². The van der Waals surface area contributed by atoms with Gasteiger partial charge in [-0.05, 0) is 48.4 Å². The van der Waals surface area contributed by atoms with E-state index in [-0.39, 0.29) is 17.6 Å². The van der Waals surface area contributed by atoms with E-state index in [0.29, 0.717) is 42.6 Å². The number of anilines is 3. The second-order valence-electron chi connectivity index (χ2n) is 9.29. The Bertz CT molecular complexity index is 1250. The number of benzene rings is 2. The Balaban J connectivity index is 1.36. The molecule has 0 bridgehead atoms. The second-order valence-corrected chi connectivity index (χ2v) is 9.29. The van der Waals surface area contributed by atoms with E-state index < -0.39 is 6.03 Å². The number of amides is 3. The lowest BCUT2D eigenvalue weighted by atomic mass is 10.2. The summed E-state index contributed by atoms with van der Waals surface area (Å²) in [6.07, 6.45) is 1.45. The minimum Gasteiger partial charge on any atom is -0.493 e. The SMILES string of the molecule is CC(=O)N1CCN(c2ccc(NC(=O)n3nccc3NC(=O)c3cccc(OCC(C)C)c3)cc2)CC1. The molecule has 0 unspecified atom stereocenters. The van der Waals surface area contributed by atoms with Crippen LogP contribution in [-0.2, 0) is 4.79 Å². The van der Waals surface area contributed by atoms with Crippen molar-refractivity contribution in [3.05, 3.63) is 66.4 Å². The van der Waals surface area contributed by atoms with Gasteiger partial charge in [-0.25, -0.2) is 4.79 Å². The largest absolute Gasteiger partial charge is 0.493 e. The molecule has 4 rings (SSSR count). The molecule has 37 heavy (non-hydrogen) atoms. The number of ether oxygens (including phenoxy) is 1. The summed E-state index contributed by atoms with van der Waals surface area (Å²) in [6.45, 7) is 9.14. The molecule has 3 amide bonds. The molecule has 0 spiro atoms. The fourth-order valence-electron chi connectivity index (χ4n) is 3.95. The van der Waals surface area contributed by atoms with Gasteiger partial charge in [0, 0.05) is 56.1 Å². The number of hydrogen-bond donors (Lipinski definition) is 2. The average molecular weight is 505 g/mol. The normalized spacial score (nSPS) is 13.4. The Morgan fingerprint density at radius 1 is 0.973 bits per heavy atom. The number of aromatic nitrogens is 2. The van der Waals surface area contributed by atoms with Gasteiger partial charge >= 0.3 is 6.03 Å². The molecular formula is C27H32N6O4. The molecule has 0 saturated carbocycles. The van der Waals surface area contributed by atoms with Crippen LogP contribution >= 0.6 is 0 Å². The molecule has 1 saturated heterocycles. The van der Waals surface area contributed by atoms with E-state index in [1.807, 2.05) is 29.2 Å². The number of nitrogens with zero attached hydrogens (tertiary/aromatic N) is 4. The van der Waals surface area contributed by atoms with Crippen molar-refractivity contribution < 1.29 is 19.1 Å². The Morgan fingerprint density at radius 2 is 1.70 bits per heavy atom. The van der Waals surface area contributed by atoms with Gasteiger partial charge < -0.3 is 25.2 Å². The van der Waals surface area contributed by atoms with Crippen LogP contribution in [0, 0.1) is 5.92 Å². The van der Waals surface area contributed by atoms with Gasteiger partial charge in [-0.3, -0.25) is 9.59 Å². The van der Waals surface area contributed by atoms with Crippen molar-refractivity contribution in [2.75, 3.05) is 48.3 Å². The molecule has 2 aromatic carbocycles. The highest BCUT2D eigenvalue weighted by atomic mass is 16.5. The molecule has 1 aliphatic heterocycles. The van der Waals surface area contributed by atoms with Crippen molar-refractivity contribution in [3.8, 4) is 5.75 Å². The first-order chi connectivity index (χ1) is 17.8. The van der Waals surface area contributed by atoms with Crippen LogP contribution in [-0.4, -0.2) is 65.3 Å². The molecule has 2 heterocycles. The van der Waals surface area contributed by atoms with E-state index in [0.717, 1.165) is 23.5 Å². The number of piperazine rings is 1. The van der Waals surface area contributed by atoms with E-state index in [1.54, 1.807) is 37.3 Å². The number of rotatable bonds is 7. The monoisotopic (exact) mass is 504 g/mol. The zero-order valence-electron chi connectivity index (χ0n) is 21.3. The minimum atomic E-state index is -0.503. The molecule has 1 aliphatic rings. The molecule has 0 radical (unpaired) electrons. The summed E-state index contributed by atoms with van der Waals surface area (Å²) in [5.41, 5.74) is 2.03. The van der Waals surface area contributed by atoms with Crippen LogP contribution in [0.3, 0.4) is 0 Å². The first kappa shape index (κ1) is 25.7. The van der Waals surface area contributed by atoms with Crippen molar-refractivity contribution in [1.82, 2.24) is 14.7 Å². The third kappa shape index (κ3) is 6.66. The molecule has 2 N–H and O–H groups in total. The molecule has 0 aliphatic carbocycles. The number of hydrogen-bond acceptors (Lipinski definition) is 6. The third-order valence-corrected chi connectivity index (χ3v) is 5.96. The van der Waals surface area contributed by atoms with E-state index in [1.165, 1.54) is 6.20 Å². The Labute approximate surface area is 216 Å². The Hall–Kier alpha value is -4.34. The van der Waals surface area contributed by atoms with Crippen LogP contribution in [0.5, 0.6) is 5.75 Å². The van der Waals surface area contributed by atoms with Crippen molar-refractivity contribution in [2.24, 2.45) is 5.92 Å². The summed E-state index contributed by atoms with van der Waals surface area (Å²) < 4.78 is 6.81. The fourth-order valence-corrected chi connectivity index (χ4v) is 3.95. The lowest BCUT2D eigenvalue weighted by Gasteiger charge is -2.35. The van der Waals surface area contributed by atoms with Gasteiger partial charge in [0.2, 0.25) is 5.91 Å². The van der Waals surface area contributed by atoms with Gasteiger partial charge in [-0.15, -0.1) is 0 Å². The smallest absolute Gasteiger partial charge is 0.348 e. The lowest BCUT2D eigenvalue weighted by Crippen LogP contribution is -2.48. The molecule has 1 aromatic heterocycles. The lowest BCUT2D eigenvalue weighted by molar-refractivity contribution is -0.129. The molecule has 194 valence electrons. The highest BCUT2D eigenvalue weighted by Crippen LogP contribution is 2.21. The van der Waals surface area contributed by atoms with E-state index in [4.69, 9.17) is 4.74 Å².